The summed E-state index contributed by atoms with van der Waals surface area (Å²) in [5.74, 6) is 0.330. The van der Waals surface area contributed by atoms with E-state index in [1.807, 2.05) is 0 Å². The smallest absolute Gasteiger partial charge is 0.408 e. The van der Waals surface area contributed by atoms with Crippen LogP contribution in [0, 0.1) is 0 Å². The molecule has 0 saturated carbocycles. The highest BCUT2D eigenvalue weighted by Crippen LogP contribution is 2.29. The monoisotopic (exact) mass is 445 g/mol. The SMILES string of the molecule is CCCCCNC(=O)OC(C(=O)c1cc(OC)cc(OC)c1)c1cc(CO)cc(CO)c1. The molecule has 0 radical (unpaired) electrons. The average Bonchev–Trinajstić information content (AvgIpc) is 2.83. The summed E-state index contributed by atoms with van der Waals surface area (Å²) in [7, 11) is 2.94. The second kappa shape index (κ2) is 12.7. The highest BCUT2D eigenvalue weighted by Gasteiger charge is 2.28. The molecular formula is C24H31NO7. The lowest BCUT2D eigenvalue weighted by Crippen LogP contribution is -2.30. The Labute approximate surface area is 188 Å². The van der Waals surface area contributed by atoms with Gasteiger partial charge in [-0.25, -0.2) is 4.79 Å². The van der Waals surface area contributed by atoms with Crippen molar-refractivity contribution in [2.24, 2.45) is 0 Å². The Kier molecular flexibility index (Phi) is 9.97. The second-order valence-corrected chi connectivity index (χ2v) is 7.28. The maximum atomic E-state index is 13.5. The first-order valence-corrected chi connectivity index (χ1v) is 10.5. The molecule has 0 aliphatic carbocycles. The van der Waals surface area contributed by atoms with Gasteiger partial charge in [-0.2, -0.15) is 0 Å². The maximum Gasteiger partial charge on any atom is 0.408 e. The number of benzene rings is 2. The molecule has 0 bridgehead atoms. The highest BCUT2D eigenvalue weighted by atomic mass is 16.6. The van der Waals surface area contributed by atoms with Crippen LogP contribution in [0.1, 0.15) is 59.3 Å². The predicted molar refractivity (Wildman–Crippen MR) is 119 cm³/mol. The van der Waals surface area contributed by atoms with E-state index in [0.29, 0.717) is 34.7 Å². The summed E-state index contributed by atoms with van der Waals surface area (Å²) in [6.45, 7) is 1.90. The van der Waals surface area contributed by atoms with Crippen LogP contribution >= 0.6 is 0 Å². The topological polar surface area (TPSA) is 114 Å². The van der Waals surface area contributed by atoms with E-state index in [4.69, 9.17) is 14.2 Å². The van der Waals surface area contributed by atoms with Gasteiger partial charge in [-0.05, 0) is 41.8 Å². The van der Waals surface area contributed by atoms with E-state index >= 15 is 0 Å². The molecule has 8 nitrogen and oxygen atoms in total. The number of hydrogen-bond donors (Lipinski definition) is 3. The zero-order valence-electron chi connectivity index (χ0n) is 18.7. The molecule has 1 unspecified atom stereocenters. The molecule has 0 spiro atoms. The van der Waals surface area contributed by atoms with Gasteiger partial charge in [0.25, 0.3) is 0 Å². The van der Waals surface area contributed by atoms with E-state index in [1.54, 1.807) is 24.3 Å². The van der Waals surface area contributed by atoms with Crippen LogP contribution in [0.15, 0.2) is 36.4 Å². The zero-order valence-corrected chi connectivity index (χ0v) is 18.7. The summed E-state index contributed by atoms with van der Waals surface area (Å²) in [6.07, 6.45) is 0.744. The van der Waals surface area contributed by atoms with Gasteiger partial charge in [0.05, 0.1) is 27.4 Å². The van der Waals surface area contributed by atoms with Gasteiger partial charge >= 0.3 is 6.09 Å². The van der Waals surface area contributed by atoms with Crippen LogP contribution in [0.25, 0.3) is 0 Å². The Morgan fingerprint density at radius 1 is 0.906 bits per heavy atom. The first-order valence-electron chi connectivity index (χ1n) is 10.5. The van der Waals surface area contributed by atoms with Crippen molar-refractivity contribution >= 4 is 11.9 Å². The minimum absolute atomic E-state index is 0.227. The van der Waals surface area contributed by atoms with Crippen LogP contribution in [0.4, 0.5) is 4.79 Å². The van der Waals surface area contributed by atoms with Gasteiger partial charge in [0.15, 0.2) is 6.10 Å². The zero-order chi connectivity index (χ0) is 23.5. The Hall–Kier alpha value is -3.10. The molecule has 2 aromatic rings. The Balaban J connectivity index is 2.42. The van der Waals surface area contributed by atoms with Crippen molar-refractivity contribution in [3.05, 3.63) is 58.7 Å². The number of ketones is 1. The Bertz CT molecular complexity index is 869. The normalized spacial score (nSPS) is 11.5. The molecule has 1 atom stereocenters. The van der Waals surface area contributed by atoms with Gasteiger partial charge in [-0.15, -0.1) is 0 Å². The van der Waals surface area contributed by atoms with E-state index in [9.17, 15) is 19.8 Å². The van der Waals surface area contributed by atoms with Crippen LogP contribution in [-0.4, -0.2) is 42.9 Å². The molecule has 1 amide bonds. The molecule has 174 valence electrons. The molecule has 32 heavy (non-hydrogen) atoms. The van der Waals surface area contributed by atoms with Crippen molar-refractivity contribution in [2.45, 2.75) is 45.5 Å². The van der Waals surface area contributed by atoms with E-state index < -0.39 is 18.0 Å². The molecule has 0 aliphatic rings. The van der Waals surface area contributed by atoms with Crippen molar-refractivity contribution in [2.75, 3.05) is 20.8 Å². The summed E-state index contributed by atoms with van der Waals surface area (Å²) in [5, 5.41) is 21.8. The maximum absolute atomic E-state index is 13.5. The number of carbonyl (C=O) groups excluding carboxylic acids is 2. The number of carbonyl (C=O) groups is 2. The van der Waals surface area contributed by atoms with Crippen molar-refractivity contribution < 1.29 is 34.0 Å². The number of methoxy groups -OCH3 is 2. The molecule has 3 N–H and O–H groups in total. The van der Waals surface area contributed by atoms with Crippen molar-refractivity contribution in [1.29, 1.82) is 0 Å². The number of ether oxygens (including phenoxy) is 3. The standard InChI is InChI=1S/C24H31NO7/c1-4-5-6-7-25-24(29)32-23(19-9-16(14-26)8-17(10-19)15-27)22(28)18-11-20(30-2)13-21(12-18)31-3/h8-13,23,26-27H,4-7,14-15H2,1-3H3,(H,25,29). The molecular weight excluding hydrogens is 414 g/mol. The number of hydrogen-bond acceptors (Lipinski definition) is 7. The van der Waals surface area contributed by atoms with E-state index in [0.717, 1.165) is 19.3 Å². The number of aliphatic hydroxyl groups excluding tert-OH is 2. The molecule has 0 aromatic heterocycles. The highest BCUT2D eigenvalue weighted by molar-refractivity contribution is 6.01. The van der Waals surface area contributed by atoms with Crippen LogP contribution in [-0.2, 0) is 18.0 Å². The third kappa shape index (κ3) is 6.96. The van der Waals surface area contributed by atoms with Crippen molar-refractivity contribution in [3.8, 4) is 11.5 Å². The summed E-state index contributed by atoms with van der Waals surface area (Å²) in [6, 6.07) is 9.45. The fourth-order valence-corrected chi connectivity index (χ4v) is 3.21. The van der Waals surface area contributed by atoms with Crippen LogP contribution in [0.3, 0.4) is 0 Å². The van der Waals surface area contributed by atoms with Crippen molar-refractivity contribution in [1.82, 2.24) is 5.32 Å². The number of amides is 1. The van der Waals surface area contributed by atoms with Gasteiger partial charge in [-0.3, -0.25) is 4.79 Å². The van der Waals surface area contributed by atoms with Crippen LogP contribution in [0.2, 0.25) is 0 Å². The Morgan fingerprint density at radius 3 is 2.00 bits per heavy atom. The fourth-order valence-electron chi connectivity index (χ4n) is 3.21. The number of unbranched alkanes of at least 4 members (excludes halogenated alkanes) is 2. The summed E-state index contributed by atoms with van der Waals surface area (Å²) in [4.78, 5) is 25.9. The minimum atomic E-state index is -1.30. The number of alkyl carbamates (subject to hydrolysis) is 1. The summed E-state index contributed by atoms with van der Waals surface area (Å²) in [5.41, 5.74) is 1.54. The van der Waals surface area contributed by atoms with Gasteiger partial charge in [0.2, 0.25) is 5.78 Å². The molecule has 0 aliphatic heterocycles. The van der Waals surface area contributed by atoms with Crippen LogP contribution < -0.4 is 14.8 Å². The van der Waals surface area contributed by atoms with Gasteiger partial charge in [-0.1, -0.05) is 25.8 Å². The van der Waals surface area contributed by atoms with Gasteiger partial charge < -0.3 is 29.7 Å². The summed E-state index contributed by atoms with van der Waals surface area (Å²) < 4.78 is 16.0. The molecule has 2 rings (SSSR count). The van der Waals surface area contributed by atoms with E-state index in [2.05, 4.69) is 12.2 Å². The molecule has 0 saturated heterocycles. The average molecular weight is 446 g/mol. The lowest BCUT2D eigenvalue weighted by molar-refractivity contribution is 0.0626. The largest absolute Gasteiger partial charge is 0.497 e. The number of rotatable bonds is 12. The second-order valence-electron chi connectivity index (χ2n) is 7.28. The number of Topliss-reactive ketones (excluding diaryl/α,β-unsaturated/α-hetero) is 1. The van der Waals surface area contributed by atoms with Crippen molar-refractivity contribution in [3.63, 3.8) is 0 Å². The third-order valence-electron chi connectivity index (χ3n) is 4.89. The van der Waals surface area contributed by atoms with Gasteiger partial charge in [0.1, 0.15) is 11.5 Å². The Morgan fingerprint density at radius 2 is 1.50 bits per heavy atom. The minimum Gasteiger partial charge on any atom is -0.497 e. The number of aliphatic hydroxyl groups is 2. The fraction of sp³-hybridized carbons (Fsp3) is 0.417. The van der Waals surface area contributed by atoms with Crippen LogP contribution in [0.5, 0.6) is 11.5 Å². The lowest BCUT2D eigenvalue weighted by Gasteiger charge is -2.20. The number of nitrogens with one attached hydrogen (secondary N) is 1. The lowest BCUT2D eigenvalue weighted by atomic mass is 9.96. The van der Waals surface area contributed by atoms with E-state index in [1.165, 1.54) is 26.4 Å². The van der Waals surface area contributed by atoms with E-state index in [-0.39, 0.29) is 18.8 Å². The summed E-state index contributed by atoms with van der Waals surface area (Å²) >= 11 is 0. The third-order valence-corrected chi connectivity index (χ3v) is 4.89. The molecule has 2 aromatic carbocycles. The quantitative estimate of drug-likeness (QED) is 0.338. The van der Waals surface area contributed by atoms with Gasteiger partial charge in [0, 0.05) is 23.7 Å². The first-order chi connectivity index (χ1) is 15.4. The predicted octanol–water partition coefficient (Wildman–Crippen LogP) is 3.53. The molecule has 0 heterocycles. The first kappa shape index (κ1) is 25.2. The molecule has 8 heteroatoms. The molecule has 0 fully saturated rings.